The molecule has 4 nitrogen and oxygen atoms in total. The van der Waals surface area contributed by atoms with Crippen LogP contribution in [0.1, 0.15) is 0 Å². The number of nitrogens with one attached hydrogen (secondary N) is 1. The van der Waals surface area contributed by atoms with Gasteiger partial charge in [-0.3, -0.25) is 0 Å². The number of hydrogen-bond donors (Lipinski definition) is 2. The van der Waals surface area contributed by atoms with Gasteiger partial charge >= 0.3 is 0 Å². The molecular formula is C8H11ClF2N2O2S. The van der Waals surface area contributed by atoms with E-state index in [1.807, 2.05) is 0 Å². The van der Waals surface area contributed by atoms with E-state index in [2.05, 4.69) is 4.72 Å². The Labute approximate surface area is 98.3 Å². The number of hydrogen-bond acceptors (Lipinski definition) is 3. The molecule has 0 fully saturated rings. The fourth-order valence-electron chi connectivity index (χ4n) is 0.960. The second kappa shape index (κ2) is 6.09. The lowest BCUT2D eigenvalue weighted by molar-refractivity contribution is 0.561. The molecule has 0 bridgehead atoms. The van der Waals surface area contributed by atoms with Gasteiger partial charge in [-0.1, -0.05) is 0 Å². The van der Waals surface area contributed by atoms with E-state index in [-0.39, 0.29) is 25.5 Å². The zero-order valence-electron chi connectivity index (χ0n) is 8.11. The smallest absolute Gasteiger partial charge is 0.240 e. The van der Waals surface area contributed by atoms with Crippen molar-refractivity contribution in [2.45, 2.75) is 4.90 Å². The Morgan fingerprint density at radius 1 is 1.19 bits per heavy atom. The third-order valence-corrected chi connectivity index (χ3v) is 3.02. The highest BCUT2D eigenvalue weighted by molar-refractivity contribution is 7.89. The van der Waals surface area contributed by atoms with Crippen molar-refractivity contribution in [3.8, 4) is 0 Å². The van der Waals surface area contributed by atoms with Gasteiger partial charge in [0, 0.05) is 19.2 Å². The van der Waals surface area contributed by atoms with Gasteiger partial charge in [-0.05, 0) is 12.1 Å². The van der Waals surface area contributed by atoms with E-state index in [1.165, 1.54) is 0 Å². The van der Waals surface area contributed by atoms with Crippen molar-refractivity contribution in [3.63, 3.8) is 0 Å². The first-order valence-corrected chi connectivity index (χ1v) is 5.60. The Morgan fingerprint density at radius 3 is 2.12 bits per heavy atom. The summed E-state index contributed by atoms with van der Waals surface area (Å²) in [7, 11) is -3.88. The van der Waals surface area contributed by atoms with E-state index in [4.69, 9.17) is 5.73 Å². The largest absolute Gasteiger partial charge is 0.329 e. The number of benzene rings is 1. The lowest BCUT2D eigenvalue weighted by atomic mass is 10.3. The van der Waals surface area contributed by atoms with E-state index in [1.54, 1.807) is 0 Å². The minimum atomic E-state index is -3.88. The molecule has 8 heteroatoms. The highest BCUT2D eigenvalue weighted by Crippen LogP contribution is 2.12. The number of halogens is 3. The summed E-state index contributed by atoms with van der Waals surface area (Å²) >= 11 is 0. The summed E-state index contributed by atoms with van der Waals surface area (Å²) in [6.45, 7) is 0.123. The SMILES string of the molecule is Cl.NCCNS(=O)(=O)c1cc(F)cc(F)c1. The molecule has 0 atom stereocenters. The molecule has 0 aliphatic carbocycles. The summed E-state index contributed by atoms with van der Waals surface area (Å²) in [6.07, 6.45) is 0. The van der Waals surface area contributed by atoms with Gasteiger partial charge in [-0.15, -0.1) is 12.4 Å². The first kappa shape index (κ1) is 15.2. The van der Waals surface area contributed by atoms with Gasteiger partial charge in [-0.2, -0.15) is 0 Å². The number of rotatable bonds is 4. The molecule has 92 valence electrons. The van der Waals surface area contributed by atoms with Crippen molar-refractivity contribution in [1.29, 1.82) is 0 Å². The Kier molecular flexibility index (Phi) is 5.80. The van der Waals surface area contributed by atoms with Crippen LogP contribution in [0.2, 0.25) is 0 Å². The van der Waals surface area contributed by atoms with Crippen LogP contribution in [0.25, 0.3) is 0 Å². The lowest BCUT2D eigenvalue weighted by Crippen LogP contribution is -2.29. The van der Waals surface area contributed by atoms with Crippen LogP contribution in [0.4, 0.5) is 8.78 Å². The summed E-state index contributed by atoms with van der Waals surface area (Å²) in [6, 6.07) is 2.08. The van der Waals surface area contributed by atoms with Gasteiger partial charge in [0.1, 0.15) is 11.6 Å². The van der Waals surface area contributed by atoms with E-state index in [0.717, 1.165) is 12.1 Å². The Morgan fingerprint density at radius 2 is 1.69 bits per heavy atom. The topological polar surface area (TPSA) is 72.2 Å². The second-order valence-electron chi connectivity index (χ2n) is 2.79. The molecule has 1 rings (SSSR count). The van der Waals surface area contributed by atoms with Crippen LogP contribution in [-0.4, -0.2) is 21.5 Å². The van der Waals surface area contributed by atoms with Crippen molar-refractivity contribution in [2.75, 3.05) is 13.1 Å². The van der Waals surface area contributed by atoms with Crippen LogP contribution in [0.5, 0.6) is 0 Å². The molecule has 0 radical (unpaired) electrons. The maximum Gasteiger partial charge on any atom is 0.240 e. The highest BCUT2D eigenvalue weighted by Gasteiger charge is 2.15. The average Bonchev–Trinajstić information content (AvgIpc) is 2.13. The summed E-state index contributed by atoms with van der Waals surface area (Å²) in [4.78, 5) is -0.451. The van der Waals surface area contributed by atoms with Crippen molar-refractivity contribution in [3.05, 3.63) is 29.8 Å². The van der Waals surface area contributed by atoms with Crippen LogP contribution in [-0.2, 0) is 10.0 Å². The monoisotopic (exact) mass is 272 g/mol. The Bertz CT molecular complexity index is 433. The van der Waals surface area contributed by atoms with Gasteiger partial charge in [0.05, 0.1) is 4.90 Å². The normalized spacial score (nSPS) is 10.9. The molecule has 0 unspecified atom stereocenters. The zero-order valence-corrected chi connectivity index (χ0v) is 9.75. The van der Waals surface area contributed by atoms with E-state index >= 15 is 0 Å². The quantitative estimate of drug-likeness (QED) is 0.844. The van der Waals surface area contributed by atoms with Gasteiger partial charge in [0.2, 0.25) is 10.0 Å². The molecule has 0 spiro atoms. The number of nitrogens with two attached hydrogens (primary N) is 1. The van der Waals surface area contributed by atoms with Crippen LogP contribution in [0.3, 0.4) is 0 Å². The van der Waals surface area contributed by atoms with Crippen LogP contribution in [0, 0.1) is 11.6 Å². The first-order valence-electron chi connectivity index (χ1n) is 4.11. The van der Waals surface area contributed by atoms with E-state index < -0.39 is 26.6 Å². The molecule has 0 aliphatic heterocycles. The summed E-state index contributed by atoms with van der Waals surface area (Å²) in [5.41, 5.74) is 5.10. The van der Waals surface area contributed by atoms with Crippen LogP contribution < -0.4 is 10.5 Å². The molecule has 0 heterocycles. The van der Waals surface area contributed by atoms with Crippen LogP contribution in [0.15, 0.2) is 23.1 Å². The van der Waals surface area contributed by atoms with Crippen molar-refractivity contribution in [1.82, 2.24) is 4.72 Å². The summed E-state index contributed by atoms with van der Waals surface area (Å²) < 4.78 is 50.3. The summed E-state index contributed by atoms with van der Waals surface area (Å²) in [5.74, 6) is -1.88. The molecule has 1 aromatic rings. The molecule has 0 aliphatic rings. The molecule has 0 amide bonds. The van der Waals surface area contributed by atoms with Gasteiger partial charge in [0.15, 0.2) is 0 Å². The van der Waals surface area contributed by atoms with E-state index in [0.29, 0.717) is 6.07 Å². The number of sulfonamides is 1. The van der Waals surface area contributed by atoms with E-state index in [9.17, 15) is 17.2 Å². The first-order chi connectivity index (χ1) is 6.95. The molecule has 3 N–H and O–H groups in total. The average molecular weight is 273 g/mol. The minimum Gasteiger partial charge on any atom is -0.329 e. The fourth-order valence-corrected chi connectivity index (χ4v) is 2.05. The molecule has 16 heavy (non-hydrogen) atoms. The van der Waals surface area contributed by atoms with Gasteiger partial charge in [0.25, 0.3) is 0 Å². The predicted octanol–water partition coefficient (Wildman–Crippen LogP) is 0.624. The van der Waals surface area contributed by atoms with Crippen LogP contribution >= 0.6 is 12.4 Å². The maximum absolute atomic E-state index is 12.7. The maximum atomic E-state index is 12.7. The molecule has 0 aromatic heterocycles. The van der Waals surface area contributed by atoms with Crippen molar-refractivity contribution >= 4 is 22.4 Å². The Hall–Kier alpha value is -0.760. The standard InChI is InChI=1S/C8H10F2N2O2S.ClH/c9-6-3-7(10)5-8(4-6)15(13,14)12-2-1-11;/h3-5,12H,1-2,11H2;1H. The van der Waals surface area contributed by atoms with Gasteiger partial charge in [-0.25, -0.2) is 21.9 Å². The zero-order chi connectivity index (χ0) is 11.5. The third kappa shape index (κ3) is 4.01. The third-order valence-electron chi connectivity index (χ3n) is 1.58. The molecule has 1 aromatic carbocycles. The van der Waals surface area contributed by atoms with Crippen molar-refractivity contribution in [2.24, 2.45) is 5.73 Å². The second-order valence-corrected chi connectivity index (χ2v) is 4.56. The molecular weight excluding hydrogens is 262 g/mol. The highest BCUT2D eigenvalue weighted by atomic mass is 35.5. The summed E-state index contributed by atoms with van der Waals surface area (Å²) in [5, 5.41) is 0. The lowest BCUT2D eigenvalue weighted by Gasteiger charge is -2.05. The molecule has 0 saturated heterocycles. The predicted molar refractivity (Wildman–Crippen MR) is 57.8 cm³/mol. The molecule has 0 saturated carbocycles. The minimum absolute atomic E-state index is 0. The van der Waals surface area contributed by atoms with Gasteiger partial charge < -0.3 is 5.73 Å². The Balaban J connectivity index is 0.00000225. The fraction of sp³-hybridized carbons (Fsp3) is 0.250. The van der Waals surface area contributed by atoms with Crippen molar-refractivity contribution < 1.29 is 17.2 Å².